The molecule has 0 spiro atoms. The second-order valence-corrected chi connectivity index (χ2v) is 5.82. The van der Waals surface area contributed by atoms with Gasteiger partial charge in [0.15, 0.2) is 0 Å². The molecule has 100 valence electrons. The summed E-state index contributed by atoms with van der Waals surface area (Å²) in [5.74, 6) is 0. The van der Waals surface area contributed by atoms with E-state index in [1.165, 1.54) is 6.42 Å². The van der Waals surface area contributed by atoms with Crippen LogP contribution >= 0.6 is 15.9 Å². The Labute approximate surface area is 117 Å². The van der Waals surface area contributed by atoms with Crippen LogP contribution in [0.2, 0.25) is 0 Å². The van der Waals surface area contributed by atoms with E-state index in [-0.39, 0.29) is 12.6 Å². The highest BCUT2D eigenvalue weighted by Gasteiger charge is 2.24. The summed E-state index contributed by atoms with van der Waals surface area (Å²) >= 11 is 3.48. The average Bonchev–Trinajstić information content (AvgIpc) is 2.38. The van der Waals surface area contributed by atoms with Crippen molar-refractivity contribution in [1.82, 2.24) is 0 Å². The molecule has 1 saturated heterocycles. The number of aliphatic hydroxyl groups excluding tert-OH is 2. The van der Waals surface area contributed by atoms with Crippen molar-refractivity contribution in [3.63, 3.8) is 0 Å². The highest BCUT2D eigenvalue weighted by atomic mass is 79.9. The summed E-state index contributed by atoms with van der Waals surface area (Å²) in [5, 5.41) is 19.4. The van der Waals surface area contributed by atoms with Crippen LogP contribution in [0.25, 0.3) is 0 Å². The Kier molecular flexibility index (Phi) is 4.65. The fourth-order valence-corrected chi connectivity index (χ4v) is 2.98. The first-order valence-corrected chi connectivity index (χ1v) is 7.27. The molecule has 4 heteroatoms. The molecule has 2 atom stereocenters. The van der Waals surface area contributed by atoms with Gasteiger partial charge in [-0.05, 0) is 38.3 Å². The first-order chi connectivity index (χ1) is 8.63. The molecule has 0 aromatic heterocycles. The van der Waals surface area contributed by atoms with Crippen LogP contribution in [-0.2, 0) is 0 Å². The summed E-state index contributed by atoms with van der Waals surface area (Å²) < 4.78 is 1.00. The van der Waals surface area contributed by atoms with E-state index in [2.05, 4.69) is 20.8 Å². The fourth-order valence-electron chi connectivity index (χ4n) is 2.63. The molecule has 1 fully saturated rings. The van der Waals surface area contributed by atoms with Gasteiger partial charge in [0.25, 0.3) is 0 Å². The van der Waals surface area contributed by atoms with Crippen LogP contribution in [-0.4, -0.2) is 29.4 Å². The smallest absolute Gasteiger partial charge is 0.0782 e. The number of piperidine rings is 1. The minimum atomic E-state index is -0.491. The summed E-state index contributed by atoms with van der Waals surface area (Å²) in [7, 11) is 0. The molecule has 2 unspecified atom stereocenters. The third kappa shape index (κ3) is 2.87. The van der Waals surface area contributed by atoms with Crippen LogP contribution in [0.15, 0.2) is 22.7 Å². The molecule has 3 nitrogen and oxygen atoms in total. The molecule has 0 bridgehead atoms. The first kappa shape index (κ1) is 13.8. The zero-order valence-electron chi connectivity index (χ0n) is 10.6. The summed E-state index contributed by atoms with van der Waals surface area (Å²) in [4.78, 5) is 2.23. The Morgan fingerprint density at radius 3 is 2.89 bits per heavy atom. The lowest BCUT2D eigenvalue weighted by atomic mass is 9.99. The molecule has 18 heavy (non-hydrogen) atoms. The lowest BCUT2D eigenvalue weighted by molar-refractivity contribution is 0.198. The zero-order valence-corrected chi connectivity index (χ0v) is 12.2. The van der Waals surface area contributed by atoms with E-state index >= 15 is 0 Å². The minimum absolute atomic E-state index is 0.172. The number of hydrogen-bond donors (Lipinski definition) is 2. The summed E-state index contributed by atoms with van der Waals surface area (Å²) in [6.45, 7) is 2.90. The molecule has 2 rings (SSSR count). The van der Waals surface area contributed by atoms with E-state index in [1.807, 2.05) is 18.2 Å². The second-order valence-electron chi connectivity index (χ2n) is 4.90. The van der Waals surface area contributed by atoms with Crippen molar-refractivity contribution >= 4 is 21.6 Å². The Hall–Kier alpha value is -0.580. The van der Waals surface area contributed by atoms with Gasteiger partial charge in [-0.15, -0.1) is 0 Å². The number of nitrogens with zero attached hydrogens (tertiary/aromatic N) is 1. The Balaban J connectivity index is 2.37. The Bertz CT molecular complexity index is 409. The van der Waals surface area contributed by atoms with Crippen molar-refractivity contribution in [1.29, 1.82) is 0 Å². The van der Waals surface area contributed by atoms with Gasteiger partial charge in [0.05, 0.1) is 18.8 Å². The van der Waals surface area contributed by atoms with Crippen molar-refractivity contribution in [3.05, 3.63) is 28.2 Å². The number of benzene rings is 1. The molecule has 0 saturated carbocycles. The van der Waals surface area contributed by atoms with Crippen molar-refractivity contribution in [2.75, 3.05) is 18.1 Å². The molecule has 0 aliphatic carbocycles. The highest BCUT2D eigenvalue weighted by Crippen LogP contribution is 2.33. The standard InChI is InChI=1S/C14H20BrNO2/c1-10(18)13-6-5-11(15)8-14(13)16-7-3-2-4-12(16)9-17/h5-6,8,10,12,17-18H,2-4,7,9H2,1H3. The van der Waals surface area contributed by atoms with E-state index in [4.69, 9.17) is 0 Å². The molecule has 1 aliphatic rings. The van der Waals surface area contributed by atoms with Crippen molar-refractivity contribution in [2.24, 2.45) is 0 Å². The lowest BCUT2D eigenvalue weighted by Gasteiger charge is -2.38. The van der Waals surface area contributed by atoms with Crippen molar-refractivity contribution in [2.45, 2.75) is 38.3 Å². The predicted octanol–water partition coefficient (Wildman–Crippen LogP) is 2.85. The third-order valence-corrected chi connectivity index (χ3v) is 4.08. The van der Waals surface area contributed by atoms with Crippen LogP contribution in [0, 0.1) is 0 Å². The maximum absolute atomic E-state index is 9.88. The molecule has 0 radical (unpaired) electrons. The van der Waals surface area contributed by atoms with Gasteiger partial charge in [-0.2, -0.15) is 0 Å². The van der Waals surface area contributed by atoms with E-state index in [9.17, 15) is 10.2 Å². The molecular formula is C14H20BrNO2. The molecule has 1 aliphatic heterocycles. The van der Waals surface area contributed by atoms with Crippen LogP contribution < -0.4 is 4.90 Å². The number of anilines is 1. The normalized spacial score (nSPS) is 22.0. The average molecular weight is 314 g/mol. The van der Waals surface area contributed by atoms with Gasteiger partial charge in [0.1, 0.15) is 0 Å². The Morgan fingerprint density at radius 1 is 1.44 bits per heavy atom. The predicted molar refractivity (Wildman–Crippen MR) is 76.8 cm³/mol. The number of hydrogen-bond acceptors (Lipinski definition) is 3. The van der Waals surface area contributed by atoms with E-state index in [1.54, 1.807) is 6.92 Å². The van der Waals surface area contributed by atoms with Gasteiger partial charge < -0.3 is 15.1 Å². The van der Waals surface area contributed by atoms with Gasteiger partial charge in [-0.3, -0.25) is 0 Å². The van der Waals surface area contributed by atoms with Crippen LogP contribution in [0.1, 0.15) is 37.9 Å². The summed E-state index contributed by atoms with van der Waals surface area (Å²) in [6, 6.07) is 6.11. The summed E-state index contributed by atoms with van der Waals surface area (Å²) in [5.41, 5.74) is 1.97. The first-order valence-electron chi connectivity index (χ1n) is 6.48. The quantitative estimate of drug-likeness (QED) is 0.902. The minimum Gasteiger partial charge on any atom is -0.394 e. The van der Waals surface area contributed by atoms with Gasteiger partial charge in [-0.1, -0.05) is 22.0 Å². The van der Waals surface area contributed by atoms with E-state index in [0.717, 1.165) is 35.1 Å². The zero-order chi connectivity index (χ0) is 13.1. The van der Waals surface area contributed by atoms with E-state index in [0.29, 0.717) is 0 Å². The van der Waals surface area contributed by atoms with E-state index < -0.39 is 6.10 Å². The van der Waals surface area contributed by atoms with Gasteiger partial charge >= 0.3 is 0 Å². The third-order valence-electron chi connectivity index (χ3n) is 3.59. The van der Waals surface area contributed by atoms with Crippen LogP contribution in [0.4, 0.5) is 5.69 Å². The second kappa shape index (κ2) is 6.04. The SMILES string of the molecule is CC(O)c1ccc(Br)cc1N1CCCCC1CO. The number of halogens is 1. The Morgan fingerprint density at radius 2 is 2.22 bits per heavy atom. The molecule has 1 heterocycles. The molecule has 2 N–H and O–H groups in total. The largest absolute Gasteiger partial charge is 0.394 e. The number of rotatable bonds is 3. The van der Waals surface area contributed by atoms with Gasteiger partial charge in [0, 0.05) is 22.3 Å². The van der Waals surface area contributed by atoms with Crippen molar-refractivity contribution in [3.8, 4) is 0 Å². The molecular weight excluding hydrogens is 294 g/mol. The summed E-state index contributed by atoms with van der Waals surface area (Å²) in [6.07, 6.45) is 2.83. The topological polar surface area (TPSA) is 43.7 Å². The monoisotopic (exact) mass is 313 g/mol. The van der Waals surface area contributed by atoms with Gasteiger partial charge in [-0.25, -0.2) is 0 Å². The lowest BCUT2D eigenvalue weighted by Crippen LogP contribution is -2.42. The number of aliphatic hydroxyl groups is 2. The molecule has 1 aromatic carbocycles. The van der Waals surface area contributed by atoms with Crippen molar-refractivity contribution < 1.29 is 10.2 Å². The fraction of sp³-hybridized carbons (Fsp3) is 0.571. The maximum Gasteiger partial charge on any atom is 0.0782 e. The highest BCUT2D eigenvalue weighted by molar-refractivity contribution is 9.10. The maximum atomic E-state index is 9.88. The molecule has 1 aromatic rings. The molecule has 0 amide bonds. The van der Waals surface area contributed by atoms with Crippen LogP contribution in [0.3, 0.4) is 0 Å². The van der Waals surface area contributed by atoms with Gasteiger partial charge in [0.2, 0.25) is 0 Å². The van der Waals surface area contributed by atoms with Crippen LogP contribution in [0.5, 0.6) is 0 Å².